The third-order valence-electron chi connectivity index (χ3n) is 6.85. The smallest absolute Gasteiger partial charge is 0.263 e. The van der Waals surface area contributed by atoms with E-state index in [1.54, 1.807) is 12.1 Å². The molecule has 1 spiro atoms. The van der Waals surface area contributed by atoms with E-state index in [9.17, 15) is 14.4 Å². The molecular weight excluding hydrogens is 384 g/mol. The van der Waals surface area contributed by atoms with Crippen LogP contribution in [0.5, 0.6) is 0 Å². The summed E-state index contributed by atoms with van der Waals surface area (Å²) in [7, 11) is 0. The van der Waals surface area contributed by atoms with E-state index in [0.717, 1.165) is 32.2 Å². The first-order chi connectivity index (χ1) is 14.0. The number of hydrogen-bond acceptors (Lipinski definition) is 4. The number of nitrogens with zero attached hydrogens (tertiary/aromatic N) is 1. The lowest BCUT2D eigenvalue weighted by Crippen LogP contribution is -2.40. The van der Waals surface area contributed by atoms with Crippen molar-refractivity contribution in [3.63, 3.8) is 0 Å². The van der Waals surface area contributed by atoms with Gasteiger partial charge in [0.1, 0.15) is 0 Å². The van der Waals surface area contributed by atoms with Gasteiger partial charge < -0.3 is 10.2 Å². The third-order valence-corrected chi connectivity index (χ3v) is 8.02. The highest BCUT2D eigenvalue weighted by Crippen LogP contribution is 2.59. The van der Waals surface area contributed by atoms with Crippen LogP contribution in [0.3, 0.4) is 0 Å². The summed E-state index contributed by atoms with van der Waals surface area (Å²) in [6.45, 7) is 3.67. The summed E-state index contributed by atoms with van der Waals surface area (Å²) in [5.41, 5.74) is 1.60. The molecule has 5 nitrogen and oxygen atoms in total. The fourth-order valence-corrected chi connectivity index (χ4v) is 5.69. The minimum atomic E-state index is -0.00161. The van der Waals surface area contributed by atoms with Crippen molar-refractivity contribution in [2.75, 3.05) is 19.6 Å². The molecule has 2 fully saturated rings. The summed E-state index contributed by atoms with van der Waals surface area (Å²) in [6.07, 6.45) is 11.0. The van der Waals surface area contributed by atoms with E-state index in [2.05, 4.69) is 11.4 Å². The molecule has 3 aliphatic rings. The van der Waals surface area contributed by atoms with Gasteiger partial charge in [0.15, 0.2) is 5.78 Å². The molecule has 2 amide bonds. The van der Waals surface area contributed by atoms with Crippen molar-refractivity contribution in [1.82, 2.24) is 10.2 Å². The largest absolute Gasteiger partial charge is 0.356 e. The summed E-state index contributed by atoms with van der Waals surface area (Å²) < 4.78 is 0. The van der Waals surface area contributed by atoms with Crippen LogP contribution in [0.4, 0.5) is 0 Å². The Hall–Kier alpha value is -1.95. The van der Waals surface area contributed by atoms with Gasteiger partial charge in [0.2, 0.25) is 5.91 Å². The molecule has 2 heterocycles. The number of likely N-dealkylation sites (tertiary alicyclic amines) is 1. The number of carbonyl (C=O) groups is 3. The van der Waals surface area contributed by atoms with Crippen LogP contribution in [0, 0.1) is 11.3 Å². The number of hydrogen-bond donors (Lipinski definition) is 1. The van der Waals surface area contributed by atoms with Crippen molar-refractivity contribution in [2.45, 2.75) is 58.3 Å². The lowest BCUT2D eigenvalue weighted by molar-refractivity contribution is -0.123. The second kappa shape index (κ2) is 8.42. The summed E-state index contributed by atoms with van der Waals surface area (Å²) in [5, 5.41) is 3.15. The molecule has 1 saturated carbocycles. The molecule has 156 valence electrons. The Kier molecular flexibility index (Phi) is 5.91. The first-order valence-electron chi connectivity index (χ1n) is 10.8. The number of rotatable bonds is 6. The first kappa shape index (κ1) is 20.3. The van der Waals surface area contributed by atoms with Crippen LogP contribution in [0.2, 0.25) is 0 Å². The third kappa shape index (κ3) is 4.47. The zero-order chi connectivity index (χ0) is 20.4. The van der Waals surface area contributed by atoms with E-state index in [1.807, 2.05) is 4.90 Å². The molecule has 1 saturated heterocycles. The van der Waals surface area contributed by atoms with Crippen molar-refractivity contribution in [2.24, 2.45) is 11.3 Å². The average molecular weight is 415 g/mol. The molecule has 2 aliphatic carbocycles. The maximum atomic E-state index is 12.7. The molecule has 1 unspecified atom stereocenters. The van der Waals surface area contributed by atoms with E-state index in [1.165, 1.54) is 49.5 Å². The van der Waals surface area contributed by atoms with Crippen LogP contribution in [-0.4, -0.2) is 42.1 Å². The molecule has 6 heteroatoms. The van der Waals surface area contributed by atoms with Crippen molar-refractivity contribution in [3.8, 4) is 0 Å². The predicted octanol–water partition coefficient (Wildman–Crippen LogP) is 4.20. The first-order valence-corrected chi connectivity index (χ1v) is 11.7. The zero-order valence-corrected chi connectivity index (χ0v) is 18.0. The van der Waals surface area contributed by atoms with E-state index in [0.29, 0.717) is 22.8 Å². The van der Waals surface area contributed by atoms with E-state index in [-0.39, 0.29) is 28.9 Å². The topological polar surface area (TPSA) is 66.5 Å². The lowest BCUT2D eigenvalue weighted by atomic mass is 9.90. The van der Waals surface area contributed by atoms with Crippen molar-refractivity contribution < 1.29 is 14.4 Å². The van der Waals surface area contributed by atoms with Gasteiger partial charge in [-0.15, -0.1) is 11.3 Å². The van der Waals surface area contributed by atoms with E-state index in [4.69, 9.17) is 0 Å². The number of thiophene rings is 1. The number of carbonyl (C=O) groups excluding carboxylic acids is 3. The van der Waals surface area contributed by atoms with Gasteiger partial charge in [-0.1, -0.05) is 11.6 Å². The summed E-state index contributed by atoms with van der Waals surface area (Å²) in [4.78, 5) is 39.9. The van der Waals surface area contributed by atoms with Crippen LogP contribution in [0.25, 0.3) is 0 Å². The van der Waals surface area contributed by atoms with Crippen LogP contribution >= 0.6 is 11.3 Å². The van der Waals surface area contributed by atoms with Crippen molar-refractivity contribution in [3.05, 3.63) is 33.5 Å². The maximum absolute atomic E-state index is 12.7. The Bertz CT molecular complexity index is 833. The highest BCUT2D eigenvalue weighted by atomic mass is 32.1. The molecule has 29 heavy (non-hydrogen) atoms. The Morgan fingerprint density at radius 2 is 1.93 bits per heavy atom. The Labute approximate surface area is 176 Å². The van der Waals surface area contributed by atoms with Crippen LogP contribution in [-0.2, 0) is 4.79 Å². The molecule has 0 aromatic carbocycles. The fraction of sp³-hybridized carbons (Fsp3) is 0.609. The second-order valence-electron chi connectivity index (χ2n) is 8.78. The Morgan fingerprint density at radius 1 is 1.17 bits per heavy atom. The lowest BCUT2D eigenvalue weighted by Gasteiger charge is -2.32. The quantitative estimate of drug-likeness (QED) is 0.560. The van der Waals surface area contributed by atoms with Gasteiger partial charge in [-0.25, -0.2) is 0 Å². The normalized spacial score (nSPS) is 22.9. The molecule has 0 radical (unpaired) electrons. The number of amides is 2. The van der Waals surface area contributed by atoms with Crippen molar-refractivity contribution in [1.29, 1.82) is 0 Å². The monoisotopic (exact) mass is 414 g/mol. The summed E-state index contributed by atoms with van der Waals surface area (Å²) >= 11 is 1.28. The summed E-state index contributed by atoms with van der Waals surface area (Å²) in [5.74, 6) is 0.328. The van der Waals surface area contributed by atoms with E-state index >= 15 is 0 Å². The van der Waals surface area contributed by atoms with Gasteiger partial charge in [0.25, 0.3) is 5.91 Å². The number of nitrogens with one attached hydrogen (secondary N) is 1. The van der Waals surface area contributed by atoms with Gasteiger partial charge in [-0.05, 0) is 75.8 Å². The average Bonchev–Trinajstić information content (AvgIpc) is 3.20. The molecule has 4 rings (SSSR count). The standard InChI is InChI=1S/C23H30N2O3S/c1-16(26)19-7-8-20(29-19)22(28)25-13-10-23(11-14-25)15-18(23)21(27)24-12-9-17-5-3-2-4-6-17/h5,7-8,18H,2-4,6,9-15H2,1H3,(H,24,27). The van der Waals surface area contributed by atoms with E-state index < -0.39 is 0 Å². The van der Waals surface area contributed by atoms with Gasteiger partial charge in [0.05, 0.1) is 9.75 Å². The van der Waals surface area contributed by atoms with Gasteiger partial charge >= 0.3 is 0 Å². The number of allylic oxidation sites excluding steroid dienone is 1. The van der Waals surface area contributed by atoms with Crippen molar-refractivity contribution >= 4 is 28.9 Å². The molecule has 1 atom stereocenters. The SMILES string of the molecule is CC(=O)c1ccc(C(=O)N2CCC3(CC2)CC3C(=O)NCCC2=CCCCC2)s1. The minimum absolute atomic E-state index is 0.00161. The number of ketones is 1. The minimum Gasteiger partial charge on any atom is -0.356 e. The van der Waals surface area contributed by atoms with Crippen LogP contribution < -0.4 is 5.32 Å². The molecule has 0 bridgehead atoms. The Balaban J connectivity index is 1.23. The fourth-order valence-electron chi connectivity index (χ4n) is 4.83. The maximum Gasteiger partial charge on any atom is 0.263 e. The molecule has 1 N–H and O–H groups in total. The van der Waals surface area contributed by atoms with Gasteiger partial charge in [-0.2, -0.15) is 0 Å². The van der Waals surface area contributed by atoms with Gasteiger partial charge in [0, 0.05) is 25.6 Å². The number of Topliss-reactive ketones (excluding diaryl/α,β-unsaturated/α-hetero) is 1. The Morgan fingerprint density at radius 3 is 2.59 bits per heavy atom. The molecular formula is C23H30N2O3S. The molecule has 1 aromatic rings. The summed E-state index contributed by atoms with van der Waals surface area (Å²) in [6, 6.07) is 3.49. The molecule has 1 aliphatic heterocycles. The zero-order valence-electron chi connectivity index (χ0n) is 17.2. The highest BCUT2D eigenvalue weighted by molar-refractivity contribution is 7.15. The van der Waals surface area contributed by atoms with Crippen LogP contribution in [0.15, 0.2) is 23.8 Å². The predicted molar refractivity (Wildman–Crippen MR) is 114 cm³/mol. The highest BCUT2D eigenvalue weighted by Gasteiger charge is 2.58. The van der Waals surface area contributed by atoms with Gasteiger partial charge in [-0.3, -0.25) is 14.4 Å². The second-order valence-corrected chi connectivity index (χ2v) is 9.86. The number of piperidine rings is 1. The molecule has 1 aromatic heterocycles. The van der Waals surface area contributed by atoms with Crippen LogP contribution in [0.1, 0.15) is 77.6 Å².